The first-order valence-electron chi connectivity index (χ1n) is 1.80. The van der Waals surface area contributed by atoms with Gasteiger partial charge >= 0.3 is 0 Å². The van der Waals surface area contributed by atoms with E-state index in [1.54, 1.807) is 17.8 Å². The summed E-state index contributed by atoms with van der Waals surface area (Å²) in [7, 11) is 0. The Morgan fingerprint density at radius 2 is 1.50 bits per heavy atom. The monoisotopic (exact) mass is 104 g/mol. The first-order chi connectivity index (χ1) is 2.83. The van der Waals surface area contributed by atoms with Crippen molar-refractivity contribution >= 4 is 11.8 Å². The minimum Gasteiger partial charge on any atom is -0.169 e. The summed E-state index contributed by atoms with van der Waals surface area (Å²) in [6.45, 7) is 5.25. The fourth-order valence-corrected chi connectivity index (χ4v) is 0. The normalized spacial score (nSPS) is 5.17. The molecule has 0 nitrogen and oxygen atoms in total. The zero-order valence-corrected chi connectivity index (χ0v) is 5.51. The van der Waals surface area contributed by atoms with Gasteiger partial charge in [0.1, 0.15) is 0 Å². The summed E-state index contributed by atoms with van der Waals surface area (Å²) in [5, 5.41) is 0. The van der Waals surface area contributed by atoms with Gasteiger partial charge in [-0.1, -0.05) is 6.08 Å². The predicted molar refractivity (Wildman–Crippen MR) is 35.3 cm³/mol. The zero-order valence-electron chi connectivity index (χ0n) is 4.69. The molecule has 0 saturated heterocycles. The van der Waals surface area contributed by atoms with E-state index in [0.717, 1.165) is 0 Å². The molecule has 0 aromatic heterocycles. The molecule has 0 aliphatic carbocycles. The fraction of sp³-hybridized carbons (Fsp3) is 0.600. The van der Waals surface area contributed by atoms with Crippen molar-refractivity contribution in [1.82, 2.24) is 0 Å². The van der Waals surface area contributed by atoms with Gasteiger partial charge < -0.3 is 0 Å². The molecule has 0 fully saturated rings. The van der Waals surface area contributed by atoms with E-state index in [1.165, 1.54) is 0 Å². The molecule has 0 radical (unpaired) electrons. The van der Waals surface area contributed by atoms with Crippen LogP contribution >= 0.6 is 11.8 Å². The second-order valence-corrected chi connectivity index (χ2v) is 1.63. The average Bonchev–Trinajstić information content (AvgIpc) is 1.39. The number of hydrogen-bond acceptors (Lipinski definition) is 1. The molecule has 0 aromatic rings. The first kappa shape index (κ1) is 9.43. The quantitative estimate of drug-likeness (QED) is 0.424. The Labute approximate surface area is 44.6 Å². The molecule has 0 spiro atoms. The topological polar surface area (TPSA) is 0 Å². The van der Waals surface area contributed by atoms with Crippen LogP contribution in [0.25, 0.3) is 0 Å². The van der Waals surface area contributed by atoms with Gasteiger partial charge in [0.05, 0.1) is 0 Å². The minimum absolute atomic E-state index is 1.75. The molecule has 0 heterocycles. The van der Waals surface area contributed by atoms with E-state index >= 15 is 0 Å². The van der Waals surface area contributed by atoms with E-state index in [9.17, 15) is 0 Å². The number of rotatable bonds is 0. The Morgan fingerprint density at radius 1 is 1.50 bits per heavy atom. The summed E-state index contributed by atoms with van der Waals surface area (Å²) in [5.41, 5.74) is 0. The Morgan fingerprint density at radius 3 is 1.50 bits per heavy atom. The van der Waals surface area contributed by atoms with Crippen LogP contribution in [0.1, 0.15) is 6.92 Å². The maximum absolute atomic E-state index is 3.36. The van der Waals surface area contributed by atoms with Gasteiger partial charge in [0.2, 0.25) is 0 Å². The van der Waals surface area contributed by atoms with Crippen molar-refractivity contribution in [3.05, 3.63) is 12.7 Å². The second-order valence-electron chi connectivity index (χ2n) is 0.816. The third kappa shape index (κ3) is 4820. The molecule has 0 aromatic carbocycles. The van der Waals surface area contributed by atoms with Crippen molar-refractivity contribution < 1.29 is 0 Å². The molecular weight excluding hydrogens is 92.1 g/mol. The van der Waals surface area contributed by atoms with Gasteiger partial charge in [-0.25, -0.2) is 0 Å². The van der Waals surface area contributed by atoms with E-state index in [0.29, 0.717) is 0 Å². The molecule has 0 aliphatic rings. The van der Waals surface area contributed by atoms with Gasteiger partial charge in [0.25, 0.3) is 0 Å². The summed E-state index contributed by atoms with van der Waals surface area (Å²) in [4.78, 5) is 0. The number of thioether (sulfide) groups is 1. The molecule has 0 aliphatic heterocycles. The van der Waals surface area contributed by atoms with E-state index in [4.69, 9.17) is 0 Å². The molecule has 0 saturated carbocycles. The van der Waals surface area contributed by atoms with E-state index in [-0.39, 0.29) is 0 Å². The van der Waals surface area contributed by atoms with Crippen LogP contribution in [-0.2, 0) is 0 Å². The largest absolute Gasteiger partial charge is 0.169 e. The van der Waals surface area contributed by atoms with Crippen LogP contribution < -0.4 is 0 Å². The maximum atomic E-state index is 3.36. The molecule has 0 rings (SSSR count). The van der Waals surface area contributed by atoms with Crippen molar-refractivity contribution in [1.29, 1.82) is 0 Å². The molecule has 38 valence electrons. The van der Waals surface area contributed by atoms with E-state index < -0.39 is 0 Å². The summed E-state index contributed by atoms with van der Waals surface area (Å²) < 4.78 is 0. The lowest BCUT2D eigenvalue weighted by atomic mass is 10.8. The Bertz CT molecular complexity index is 17.9. The lowest BCUT2D eigenvalue weighted by Gasteiger charge is -1.51. The minimum atomic E-state index is 1.75. The molecule has 1 heteroatoms. The van der Waals surface area contributed by atoms with Crippen LogP contribution in [0.2, 0.25) is 0 Å². The summed E-state index contributed by atoms with van der Waals surface area (Å²) in [6.07, 6.45) is 5.83. The van der Waals surface area contributed by atoms with Crippen LogP contribution in [0.4, 0.5) is 0 Å². The molecule has 0 atom stereocenters. The van der Waals surface area contributed by atoms with Crippen molar-refractivity contribution in [3.63, 3.8) is 0 Å². The highest BCUT2D eigenvalue weighted by molar-refractivity contribution is 7.97. The summed E-state index contributed by atoms with van der Waals surface area (Å²) >= 11 is 1.75. The van der Waals surface area contributed by atoms with Crippen molar-refractivity contribution in [2.45, 2.75) is 6.92 Å². The lowest BCUT2D eigenvalue weighted by molar-refractivity contribution is 1.80. The van der Waals surface area contributed by atoms with E-state index in [1.807, 2.05) is 19.4 Å². The van der Waals surface area contributed by atoms with Gasteiger partial charge in [0.15, 0.2) is 0 Å². The number of allylic oxidation sites excluding steroid dienone is 1. The van der Waals surface area contributed by atoms with Crippen LogP contribution in [0.3, 0.4) is 0 Å². The van der Waals surface area contributed by atoms with Crippen LogP contribution in [0.15, 0.2) is 12.7 Å². The fourth-order valence-electron chi connectivity index (χ4n) is 0. The zero-order chi connectivity index (χ0) is 5.41. The van der Waals surface area contributed by atoms with Crippen molar-refractivity contribution in [2.24, 2.45) is 0 Å². The van der Waals surface area contributed by atoms with Gasteiger partial charge in [0, 0.05) is 0 Å². The third-order valence-corrected chi connectivity index (χ3v) is 0. The third-order valence-electron chi connectivity index (χ3n) is 0. The summed E-state index contributed by atoms with van der Waals surface area (Å²) in [5.74, 6) is 0. The molecular formula is C5H12S. The molecule has 0 unspecified atom stereocenters. The smallest absolute Gasteiger partial charge is 0.0187 e. The van der Waals surface area contributed by atoms with E-state index in [2.05, 4.69) is 6.58 Å². The standard InChI is InChI=1S/C3H6.C2H6S/c2*1-3-2/h3H,1H2,2H3;1-2H3. The lowest BCUT2D eigenvalue weighted by Crippen LogP contribution is -1.25. The van der Waals surface area contributed by atoms with Gasteiger partial charge in [-0.15, -0.1) is 6.58 Å². The molecule has 0 bridgehead atoms. The Kier molecular flexibility index (Phi) is 30.6. The molecule has 0 N–H and O–H groups in total. The average molecular weight is 104 g/mol. The van der Waals surface area contributed by atoms with Gasteiger partial charge in [-0.05, 0) is 19.4 Å². The summed E-state index contributed by atoms with van der Waals surface area (Å²) in [6, 6.07) is 0. The highest BCUT2D eigenvalue weighted by atomic mass is 32.2. The number of hydrogen-bond donors (Lipinski definition) is 0. The second kappa shape index (κ2) is 19.5. The van der Waals surface area contributed by atoms with Gasteiger partial charge in [-0.2, -0.15) is 11.8 Å². The van der Waals surface area contributed by atoms with Gasteiger partial charge in [-0.3, -0.25) is 0 Å². The van der Waals surface area contributed by atoms with Crippen LogP contribution in [-0.4, -0.2) is 12.5 Å². The highest BCUT2D eigenvalue weighted by Crippen LogP contribution is 1.70. The van der Waals surface area contributed by atoms with Crippen molar-refractivity contribution in [2.75, 3.05) is 12.5 Å². The Hall–Kier alpha value is 0.0900. The Balaban J connectivity index is 0. The van der Waals surface area contributed by atoms with Crippen LogP contribution in [0, 0.1) is 0 Å². The first-order valence-corrected chi connectivity index (χ1v) is 3.44. The van der Waals surface area contributed by atoms with Crippen LogP contribution in [0.5, 0.6) is 0 Å². The van der Waals surface area contributed by atoms with Crippen molar-refractivity contribution in [3.8, 4) is 0 Å². The maximum Gasteiger partial charge on any atom is -0.0187 e. The molecule has 0 amide bonds. The predicted octanol–water partition coefficient (Wildman–Crippen LogP) is 2.17. The SMILES string of the molecule is C=CC.CSC. The highest BCUT2D eigenvalue weighted by Gasteiger charge is 1.32. The molecule has 6 heavy (non-hydrogen) atoms.